The molecule has 0 bridgehead atoms. The molecule has 5 rings (SSSR count). The van der Waals surface area contributed by atoms with Crippen molar-refractivity contribution in [3.8, 4) is 11.3 Å². The van der Waals surface area contributed by atoms with Gasteiger partial charge in [0.05, 0.1) is 40.9 Å². The molecule has 5 aromatic rings. The van der Waals surface area contributed by atoms with Gasteiger partial charge in [-0.05, 0) is 43.7 Å². The third kappa shape index (κ3) is 4.18. The molecule has 0 atom stereocenters. The summed E-state index contributed by atoms with van der Waals surface area (Å²) >= 11 is 6.08. The van der Waals surface area contributed by atoms with Crippen molar-refractivity contribution in [2.45, 2.75) is 20.4 Å². The number of pyridine rings is 1. The van der Waals surface area contributed by atoms with Crippen LogP contribution in [0, 0.1) is 13.8 Å². The van der Waals surface area contributed by atoms with E-state index in [0.717, 1.165) is 39.1 Å². The summed E-state index contributed by atoms with van der Waals surface area (Å²) in [4.78, 5) is 18.2. The molecule has 0 aliphatic heterocycles. The van der Waals surface area contributed by atoms with E-state index in [1.807, 2.05) is 80.2 Å². The molecule has 34 heavy (non-hydrogen) atoms. The molecule has 1 amide bonds. The number of nitrogens with one attached hydrogen (secondary N) is 1. The van der Waals surface area contributed by atoms with Crippen molar-refractivity contribution in [1.29, 1.82) is 0 Å². The van der Waals surface area contributed by atoms with E-state index in [9.17, 15) is 4.79 Å². The van der Waals surface area contributed by atoms with E-state index in [2.05, 4.69) is 15.5 Å². The summed E-state index contributed by atoms with van der Waals surface area (Å²) in [6, 6.07) is 17.1. The van der Waals surface area contributed by atoms with Gasteiger partial charge in [-0.2, -0.15) is 10.2 Å². The minimum Gasteiger partial charge on any atom is -0.319 e. The summed E-state index contributed by atoms with van der Waals surface area (Å²) in [5, 5.41) is 13.3. The molecule has 3 heterocycles. The van der Waals surface area contributed by atoms with Gasteiger partial charge in [-0.1, -0.05) is 41.9 Å². The van der Waals surface area contributed by atoms with Crippen LogP contribution < -0.4 is 5.32 Å². The number of carbonyl (C=O) groups excluding carboxylic acids is 1. The van der Waals surface area contributed by atoms with Crippen LogP contribution in [0.2, 0.25) is 5.02 Å². The summed E-state index contributed by atoms with van der Waals surface area (Å²) in [7, 11) is 1.90. The van der Waals surface area contributed by atoms with Crippen molar-refractivity contribution in [1.82, 2.24) is 24.5 Å². The van der Waals surface area contributed by atoms with Crippen LogP contribution in [-0.4, -0.2) is 30.5 Å². The van der Waals surface area contributed by atoms with E-state index < -0.39 is 0 Å². The lowest BCUT2D eigenvalue weighted by Gasteiger charge is -2.10. The summed E-state index contributed by atoms with van der Waals surface area (Å²) in [5.74, 6) is -0.221. The highest BCUT2D eigenvalue weighted by Gasteiger charge is 2.19. The molecule has 0 fully saturated rings. The van der Waals surface area contributed by atoms with Crippen molar-refractivity contribution in [2.24, 2.45) is 7.05 Å². The van der Waals surface area contributed by atoms with Gasteiger partial charge >= 0.3 is 0 Å². The Kier molecular flexibility index (Phi) is 5.63. The van der Waals surface area contributed by atoms with Crippen molar-refractivity contribution in [3.63, 3.8) is 0 Å². The SMILES string of the molecule is Cc1nn(C)c(C)c1-c1cc(C(=O)Nc2cnn(Cc3cccc(Cl)c3)c2)c2ccccc2n1. The second-order valence-corrected chi connectivity index (χ2v) is 8.69. The maximum atomic E-state index is 13.4. The lowest BCUT2D eigenvalue weighted by molar-refractivity contribution is 0.102. The fraction of sp³-hybridized carbons (Fsp3) is 0.154. The van der Waals surface area contributed by atoms with Gasteiger partial charge in [0.1, 0.15) is 0 Å². The number of anilines is 1. The van der Waals surface area contributed by atoms with Gasteiger partial charge in [-0.15, -0.1) is 0 Å². The Morgan fingerprint density at radius 3 is 2.68 bits per heavy atom. The molecule has 170 valence electrons. The monoisotopic (exact) mass is 470 g/mol. The van der Waals surface area contributed by atoms with Gasteiger partial charge in [0.25, 0.3) is 5.91 Å². The zero-order valence-electron chi connectivity index (χ0n) is 19.1. The van der Waals surface area contributed by atoms with Crippen LogP contribution in [0.4, 0.5) is 5.69 Å². The van der Waals surface area contributed by atoms with Gasteiger partial charge < -0.3 is 5.32 Å². The van der Waals surface area contributed by atoms with E-state index in [-0.39, 0.29) is 5.91 Å². The number of aromatic nitrogens is 5. The van der Waals surface area contributed by atoms with E-state index in [1.54, 1.807) is 17.1 Å². The van der Waals surface area contributed by atoms with Crippen molar-refractivity contribution in [2.75, 3.05) is 5.32 Å². The van der Waals surface area contributed by atoms with Gasteiger partial charge in [-0.25, -0.2) is 4.98 Å². The number of hydrogen-bond acceptors (Lipinski definition) is 4. The molecule has 0 aliphatic carbocycles. The van der Waals surface area contributed by atoms with E-state index in [4.69, 9.17) is 16.6 Å². The van der Waals surface area contributed by atoms with E-state index >= 15 is 0 Å². The second kappa shape index (κ2) is 8.76. The minimum atomic E-state index is -0.221. The molecule has 1 N–H and O–H groups in total. The normalized spacial score (nSPS) is 11.2. The number of halogens is 1. The first-order valence-corrected chi connectivity index (χ1v) is 11.3. The highest BCUT2D eigenvalue weighted by atomic mass is 35.5. The van der Waals surface area contributed by atoms with Crippen molar-refractivity contribution >= 4 is 34.1 Å². The molecule has 8 heteroatoms. The Balaban J connectivity index is 1.47. The van der Waals surface area contributed by atoms with Crippen LogP contribution in [-0.2, 0) is 13.6 Å². The maximum Gasteiger partial charge on any atom is 0.256 e. The summed E-state index contributed by atoms with van der Waals surface area (Å²) in [5.41, 5.74) is 6.48. The van der Waals surface area contributed by atoms with Crippen LogP contribution in [0.1, 0.15) is 27.3 Å². The minimum absolute atomic E-state index is 0.221. The summed E-state index contributed by atoms with van der Waals surface area (Å²) in [6.45, 7) is 4.51. The van der Waals surface area contributed by atoms with Crippen LogP contribution in [0.25, 0.3) is 22.2 Å². The van der Waals surface area contributed by atoms with E-state index in [1.165, 1.54) is 0 Å². The number of hydrogen-bond donors (Lipinski definition) is 1. The highest BCUT2D eigenvalue weighted by Crippen LogP contribution is 2.29. The zero-order chi connectivity index (χ0) is 23.8. The van der Waals surface area contributed by atoms with Gasteiger partial charge in [0, 0.05) is 34.9 Å². The Hall–Kier alpha value is -3.97. The Morgan fingerprint density at radius 2 is 1.91 bits per heavy atom. The third-order valence-electron chi connectivity index (χ3n) is 5.85. The largest absolute Gasteiger partial charge is 0.319 e. The third-order valence-corrected chi connectivity index (χ3v) is 6.09. The molecule has 7 nitrogen and oxygen atoms in total. The number of amides is 1. The fourth-order valence-electron chi connectivity index (χ4n) is 4.17. The van der Waals surface area contributed by atoms with Crippen molar-refractivity contribution in [3.05, 3.63) is 94.5 Å². The summed E-state index contributed by atoms with van der Waals surface area (Å²) < 4.78 is 3.59. The predicted molar refractivity (Wildman–Crippen MR) is 134 cm³/mol. The standard InChI is InChI=1S/C26H23ClN6O/c1-16-25(17(2)32(3)31-16)24-12-22(21-9-4-5-10-23(21)30-24)26(34)29-20-13-28-33(15-20)14-18-7-6-8-19(27)11-18/h4-13,15H,14H2,1-3H3,(H,29,34). The quantitative estimate of drug-likeness (QED) is 0.373. The molecule has 2 aromatic carbocycles. The molecular formula is C26H23ClN6O. The predicted octanol–water partition coefficient (Wildman–Crippen LogP) is 5.40. The Labute approximate surface area is 202 Å². The molecule has 0 saturated heterocycles. The average Bonchev–Trinajstić information content (AvgIpc) is 3.35. The van der Waals surface area contributed by atoms with Gasteiger partial charge in [-0.3, -0.25) is 14.2 Å². The van der Waals surface area contributed by atoms with Crippen LogP contribution >= 0.6 is 11.6 Å². The molecule has 0 radical (unpaired) electrons. The van der Waals surface area contributed by atoms with Crippen LogP contribution in [0.15, 0.2) is 67.0 Å². The Bertz CT molecular complexity index is 1530. The molecular weight excluding hydrogens is 448 g/mol. The first kappa shape index (κ1) is 21.9. The first-order chi connectivity index (χ1) is 16.4. The van der Waals surface area contributed by atoms with Crippen LogP contribution in [0.3, 0.4) is 0 Å². The maximum absolute atomic E-state index is 13.4. The first-order valence-electron chi connectivity index (χ1n) is 10.9. The zero-order valence-corrected chi connectivity index (χ0v) is 19.8. The number of carbonyl (C=O) groups is 1. The number of benzene rings is 2. The molecule has 0 aliphatic rings. The number of nitrogens with zero attached hydrogens (tertiary/aromatic N) is 5. The topological polar surface area (TPSA) is 77.6 Å². The van der Waals surface area contributed by atoms with Gasteiger partial charge in [0.2, 0.25) is 0 Å². The molecule has 0 saturated carbocycles. The molecule has 3 aromatic heterocycles. The number of aryl methyl sites for hydroxylation is 2. The smallest absolute Gasteiger partial charge is 0.256 e. The second-order valence-electron chi connectivity index (χ2n) is 8.25. The van der Waals surface area contributed by atoms with Crippen LogP contribution in [0.5, 0.6) is 0 Å². The Morgan fingerprint density at radius 1 is 1.09 bits per heavy atom. The number of rotatable bonds is 5. The number of fused-ring (bicyclic) bond motifs is 1. The molecule has 0 unspecified atom stereocenters. The average molecular weight is 471 g/mol. The van der Waals surface area contributed by atoms with Crippen molar-refractivity contribution < 1.29 is 4.79 Å². The lowest BCUT2D eigenvalue weighted by atomic mass is 10.0. The van der Waals surface area contributed by atoms with E-state index in [0.29, 0.717) is 22.8 Å². The lowest BCUT2D eigenvalue weighted by Crippen LogP contribution is -2.13. The molecule has 0 spiro atoms. The summed E-state index contributed by atoms with van der Waals surface area (Å²) in [6.07, 6.45) is 3.45. The number of para-hydroxylation sites is 1. The fourth-order valence-corrected chi connectivity index (χ4v) is 4.38. The highest BCUT2D eigenvalue weighted by molar-refractivity contribution is 6.30. The van der Waals surface area contributed by atoms with Gasteiger partial charge in [0.15, 0.2) is 0 Å².